The summed E-state index contributed by atoms with van der Waals surface area (Å²) in [5.41, 5.74) is 1.25. The zero-order valence-electron chi connectivity index (χ0n) is 13.0. The Hall–Kier alpha value is -1.42. The van der Waals surface area contributed by atoms with Gasteiger partial charge in [0.2, 0.25) is 5.91 Å². The molecule has 0 spiro atoms. The molecule has 0 unspecified atom stereocenters. The minimum atomic E-state index is 0.139. The Bertz CT molecular complexity index is 432. The highest BCUT2D eigenvalue weighted by atomic mass is 16.5. The van der Waals surface area contributed by atoms with Crippen LogP contribution in [0.15, 0.2) is 24.5 Å². The SMILES string of the molecule is CCC(CC)CC(=O)N[C@H]1COC[C@H]1Cc1ccncc1. The van der Waals surface area contributed by atoms with Crippen molar-refractivity contribution in [3.8, 4) is 0 Å². The van der Waals surface area contributed by atoms with Crippen molar-refractivity contribution in [2.75, 3.05) is 13.2 Å². The summed E-state index contributed by atoms with van der Waals surface area (Å²) in [7, 11) is 0. The molecule has 4 heteroatoms. The summed E-state index contributed by atoms with van der Waals surface area (Å²) < 4.78 is 5.57. The molecule has 1 fully saturated rings. The van der Waals surface area contributed by atoms with Crippen molar-refractivity contribution in [1.29, 1.82) is 0 Å². The molecule has 1 amide bonds. The van der Waals surface area contributed by atoms with Gasteiger partial charge in [0.1, 0.15) is 0 Å². The van der Waals surface area contributed by atoms with Gasteiger partial charge in [-0.3, -0.25) is 9.78 Å². The largest absolute Gasteiger partial charge is 0.379 e. The highest BCUT2D eigenvalue weighted by molar-refractivity contribution is 5.76. The van der Waals surface area contributed by atoms with E-state index in [1.54, 1.807) is 0 Å². The van der Waals surface area contributed by atoms with Gasteiger partial charge in [-0.1, -0.05) is 26.7 Å². The number of amides is 1. The van der Waals surface area contributed by atoms with E-state index in [1.807, 2.05) is 24.5 Å². The summed E-state index contributed by atoms with van der Waals surface area (Å²) in [6, 6.07) is 4.20. The lowest BCUT2D eigenvalue weighted by molar-refractivity contribution is -0.123. The summed E-state index contributed by atoms with van der Waals surface area (Å²) in [5.74, 6) is 1.02. The standard InChI is InChI=1S/C17H26N2O2/c1-3-13(4-2)10-17(20)19-16-12-21-11-15(16)9-14-5-7-18-8-6-14/h5-8,13,15-16H,3-4,9-12H2,1-2H3,(H,19,20)/t15-,16+/m1/s1. The van der Waals surface area contributed by atoms with Gasteiger partial charge >= 0.3 is 0 Å². The molecular weight excluding hydrogens is 264 g/mol. The van der Waals surface area contributed by atoms with E-state index in [-0.39, 0.29) is 11.9 Å². The Morgan fingerprint density at radius 2 is 2.05 bits per heavy atom. The van der Waals surface area contributed by atoms with E-state index in [0.717, 1.165) is 25.9 Å². The number of pyridine rings is 1. The second-order valence-corrected chi connectivity index (χ2v) is 5.92. The van der Waals surface area contributed by atoms with Crippen molar-refractivity contribution in [1.82, 2.24) is 10.3 Å². The first-order valence-electron chi connectivity index (χ1n) is 7.98. The number of hydrogen-bond acceptors (Lipinski definition) is 3. The van der Waals surface area contributed by atoms with Crippen molar-refractivity contribution in [2.24, 2.45) is 11.8 Å². The maximum absolute atomic E-state index is 12.1. The second kappa shape index (κ2) is 8.13. The van der Waals surface area contributed by atoms with Gasteiger partial charge in [0.05, 0.1) is 19.3 Å². The minimum absolute atomic E-state index is 0.139. The number of nitrogens with zero attached hydrogens (tertiary/aromatic N) is 1. The van der Waals surface area contributed by atoms with Crippen LogP contribution in [0.25, 0.3) is 0 Å². The number of rotatable bonds is 7. The number of carbonyl (C=O) groups is 1. The molecule has 2 heterocycles. The first-order valence-corrected chi connectivity index (χ1v) is 7.98. The lowest BCUT2D eigenvalue weighted by Gasteiger charge is -2.20. The molecule has 2 atom stereocenters. The molecule has 21 heavy (non-hydrogen) atoms. The fourth-order valence-electron chi connectivity index (χ4n) is 2.89. The van der Waals surface area contributed by atoms with E-state index < -0.39 is 0 Å². The molecule has 116 valence electrons. The summed E-state index contributed by atoms with van der Waals surface area (Å²) in [5, 5.41) is 3.17. The van der Waals surface area contributed by atoms with E-state index in [1.165, 1.54) is 5.56 Å². The zero-order chi connectivity index (χ0) is 15.1. The normalized spacial score (nSPS) is 21.7. The average molecular weight is 290 g/mol. The Morgan fingerprint density at radius 3 is 2.71 bits per heavy atom. The van der Waals surface area contributed by atoms with Gasteiger partial charge in [-0.2, -0.15) is 0 Å². The van der Waals surface area contributed by atoms with Crippen molar-refractivity contribution >= 4 is 5.91 Å². The first kappa shape index (κ1) is 16.0. The minimum Gasteiger partial charge on any atom is -0.379 e. The topological polar surface area (TPSA) is 51.2 Å². The van der Waals surface area contributed by atoms with Gasteiger partial charge in [-0.15, -0.1) is 0 Å². The number of carbonyl (C=O) groups excluding carboxylic acids is 1. The molecule has 4 nitrogen and oxygen atoms in total. The molecule has 1 aliphatic rings. The molecule has 0 aliphatic carbocycles. The van der Waals surface area contributed by atoms with Crippen LogP contribution in [0, 0.1) is 11.8 Å². The quantitative estimate of drug-likeness (QED) is 0.839. The highest BCUT2D eigenvalue weighted by Crippen LogP contribution is 2.20. The zero-order valence-corrected chi connectivity index (χ0v) is 13.0. The monoisotopic (exact) mass is 290 g/mol. The van der Waals surface area contributed by atoms with Crippen LogP contribution in [0.3, 0.4) is 0 Å². The van der Waals surface area contributed by atoms with E-state index in [9.17, 15) is 4.79 Å². The average Bonchev–Trinajstić information content (AvgIpc) is 2.92. The third-order valence-electron chi connectivity index (χ3n) is 4.42. The van der Waals surface area contributed by atoms with E-state index in [4.69, 9.17) is 4.74 Å². The van der Waals surface area contributed by atoms with Crippen LogP contribution in [0.5, 0.6) is 0 Å². The molecular formula is C17H26N2O2. The number of aromatic nitrogens is 1. The van der Waals surface area contributed by atoms with Crippen LogP contribution < -0.4 is 5.32 Å². The van der Waals surface area contributed by atoms with Crippen molar-refractivity contribution in [3.05, 3.63) is 30.1 Å². The van der Waals surface area contributed by atoms with Gasteiger partial charge in [0, 0.05) is 24.7 Å². The summed E-state index contributed by atoms with van der Waals surface area (Å²) in [6.07, 6.45) is 7.30. The van der Waals surface area contributed by atoms with Crippen molar-refractivity contribution in [3.63, 3.8) is 0 Å². The van der Waals surface area contributed by atoms with Crippen LogP contribution in [0.2, 0.25) is 0 Å². The molecule has 1 aromatic heterocycles. The summed E-state index contributed by atoms with van der Waals surface area (Å²) in [6.45, 7) is 5.64. The predicted octanol–water partition coefficient (Wildman–Crippen LogP) is 2.58. The van der Waals surface area contributed by atoms with Crippen LogP contribution in [0.4, 0.5) is 0 Å². The van der Waals surface area contributed by atoms with E-state index in [2.05, 4.69) is 24.1 Å². The Balaban J connectivity index is 1.85. The number of nitrogens with one attached hydrogen (secondary N) is 1. The lowest BCUT2D eigenvalue weighted by atomic mass is 9.94. The van der Waals surface area contributed by atoms with Crippen LogP contribution in [-0.4, -0.2) is 30.1 Å². The predicted molar refractivity (Wildman–Crippen MR) is 82.9 cm³/mol. The molecule has 0 aromatic carbocycles. The summed E-state index contributed by atoms with van der Waals surface area (Å²) in [4.78, 5) is 16.2. The van der Waals surface area contributed by atoms with E-state index in [0.29, 0.717) is 24.9 Å². The van der Waals surface area contributed by atoms with Crippen molar-refractivity contribution in [2.45, 2.75) is 45.6 Å². The lowest BCUT2D eigenvalue weighted by Crippen LogP contribution is -2.41. The van der Waals surface area contributed by atoms with Gasteiger partial charge in [0.25, 0.3) is 0 Å². The van der Waals surface area contributed by atoms with E-state index >= 15 is 0 Å². The van der Waals surface area contributed by atoms with Gasteiger partial charge in [0.15, 0.2) is 0 Å². The summed E-state index contributed by atoms with van der Waals surface area (Å²) >= 11 is 0. The molecule has 0 radical (unpaired) electrons. The fraction of sp³-hybridized carbons (Fsp3) is 0.647. The maximum atomic E-state index is 12.1. The maximum Gasteiger partial charge on any atom is 0.220 e. The van der Waals surface area contributed by atoms with Crippen LogP contribution in [0.1, 0.15) is 38.7 Å². The molecule has 2 rings (SSSR count). The molecule has 1 N–H and O–H groups in total. The van der Waals surface area contributed by atoms with Gasteiger partial charge in [-0.05, 0) is 30.0 Å². The third kappa shape index (κ3) is 4.81. The Morgan fingerprint density at radius 1 is 1.33 bits per heavy atom. The Labute approximate surface area is 127 Å². The van der Waals surface area contributed by atoms with Crippen LogP contribution >= 0.6 is 0 Å². The second-order valence-electron chi connectivity index (χ2n) is 5.92. The van der Waals surface area contributed by atoms with Gasteiger partial charge in [-0.25, -0.2) is 0 Å². The third-order valence-corrected chi connectivity index (χ3v) is 4.42. The molecule has 1 aromatic rings. The number of hydrogen-bond donors (Lipinski definition) is 1. The fourth-order valence-corrected chi connectivity index (χ4v) is 2.89. The highest BCUT2D eigenvalue weighted by Gasteiger charge is 2.29. The number of ether oxygens (including phenoxy) is 1. The smallest absolute Gasteiger partial charge is 0.220 e. The van der Waals surface area contributed by atoms with Crippen molar-refractivity contribution < 1.29 is 9.53 Å². The molecule has 0 bridgehead atoms. The molecule has 1 saturated heterocycles. The van der Waals surface area contributed by atoms with Gasteiger partial charge < -0.3 is 10.1 Å². The first-order chi connectivity index (χ1) is 10.2. The van der Waals surface area contributed by atoms with Crippen LogP contribution in [-0.2, 0) is 16.0 Å². The molecule has 0 saturated carbocycles. The molecule has 1 aliphatic heterocycles. The Kier molecular flexibility index (Phi) is 6.18.